The van der Waals surface area contributed by atoms with Crippen molar-refractivity contribution in [2.75, 3.05) is 12.0 Å². The van der Waals surface area contributed by atoms with Gasteiger partial charge in [-0.15, -0.1) is 0 Å². The number of rotatable bonds is 6. The minimum Gasteiger partial charge on any atom is -0.462 e. The second-order valence-electron chi connectivity index (χ2n) is 5.74. The number of carbonyl (C=O) groups is 2. The number of benzene rings is 2. The van der Waals surface area contributed by atoms with Crippen molar-refractivity contribution in [2.45, 2.75) is 6.92 Å². The molecule has 2 aromatic carbocycles. The quantitative estimate of drug-likeness (QED) is 0.159. The van der Waals surface area contributed by atoms with Crippen LogP contribution in [0.2, 0.25) is 0 Å². The highest BCUT2D eigenvalue weighted by molar-refractivity contribution is 6.44. The molecule has 0 spiro atoms. The van der Waals surface area contributed by atoms with Gasteiger partial charge in [0.15, 0.2) is 11.4 Å². The standard InChI is InChI=1S/C19H18N6O4/c1-2-29-19(28)11-7-3-4-8-12(11)24-25-16(18(27)23-20)15-17(26)22-14-10-6-5-9-13(14)21-15/h3-10,24H,2,20H2,1H3,(H,22,26)(H,23,27)/b25-16-. The second-order valence-corrected chi connectivity index (χ2v) is 5.74. The fourth-order valence-electron chi connectivity index (χ4n) is 2.55. The zero-order valence-corrected chi connectivity index (χ0v) is 15.4. The molecule has 0 aliphatic heterocycles. The molecular weight excluding hydrogens is 376 g/mol. The number of para-hydroxylation sites is 3. The largest absolute Gasteiger partial charge is 0.462 e. The van der Waals surface area contributed by atoms with Crippen LogP contribution in [-0.2, 0) is 9.53 Å². The fourth-order valence-corrected chi connectivity index (χ4v) is 2.55. The topological polar surface area (TPSA) is 152 Å². The van der Waals surface area contributed by atoms with Crippen molar-refractivity contribution >= 4 is 34.3 Å². The van der Waals surface area contributed by atoms with E-state index in [0.29, 0.717) is 11.0 Å². The van der Waals surface area contributed by atoms with Gasteiger partial charge in [-0.2, -0.15) is 5.10 Å². The van der Waals surface area contributed by atoms with Crippen molar-refractivity contribution in [3.8, 4) is 0 Å². The third kappa shape index (κ3) is 4.28. The summed E-state index contributed by atoms with van der Waals surface area (Å²) in [6.45, 7) is 1.89. The molecule has 0 saturated heterocycles. The number of hydrogen-bond acceptors (Lipinski definition) is 8. The van der Waals surface area contributed by atoms with Gasteiger partial charge >= 0.3 is 5.97 Å². The van der Waals surface area contributed by atoms with E-state index in [9.17, 15) is 14.4 Å². The number of H-pyrrole nitrogens is 1. The van der Waals surface area contributed by atoms with Crippen LogP contribution in [-0.4, -0.2) is 34.2 Å². The Kier molecular flexibility index (Phi) is 5.95. The van der Waals surface area contributed by atoms with E-state index in [1.165, 1.54) is 0 Å². The molecule has 10 heteroatoms. The van der Waals surface area contributed by atoms with Gasteiger partial charge in [0, 0.05) is 0 Å². The Labute approximate surface area is 164 Å². The monoisotopic (exact) mass is 394 g/mol. The van der Waals surface area contributed by atoms with Crippen LogP contribution >= 0.6 is 0 Å². The Morgan fingerprint density at radius 2 is 1.90 bits per heavy atom. The minimum absolute atomic E-state index is 0.202. The molecule has 1 amide bonds. The second kappa shape index (κ2) is 8.76. The molecule has 148 valence electrons. The molecular formula is C19H18N6O4. The summed E-state index contributed by atoms with van der Waals surface area (Å²) in [7, 11) is 0. The van der Waals surface area contributed by atoms with E-state index in [-0.39, 0.29) is 29.3 Å². The zero-order chi connectivity index (χ0) is 20.8. The molecule has 0 aliphatic carbocycles. The summed E-state index contributed by atoms with van der Waals surface area (Å²) >= 11 is 0. The van der Waals surface area contributed by atoms with Crippen LogP contribution in [0.25, 0.3) is 11.0 Å². The number of amides is 1. The number of fused-ring (bicyclic) bond motifs is 1. The third-order valence-electron chi connectivity index (χ3n) is 3.88. The highest BCUT2D eigenvalue weighted by Crippen LogP contribution is 2.16. The van der Waals surface area contributed by atoms with Crippen LogP contribution in [0.3, 0.4) is 0 Å². The van der Waals surface area contributed by atoms with Gasteiger partial charge < -0.3 is 9.72 Å². The van der Waals surface area contributed by atoms with Crippen molar-refractivity contribution in [2.24, 2.45) is 10.9 Å². The molecule has 3 rings (SSSR count). The summed E-state index contributed by atoms with van der Waals surface area (Å²) in [6.07, 6.45) is 0. The summed E-state index contributed by atoms with van der Waals surface area (Å²) in [5.41, 5.74) is 4.83. The van der Waals surface area contributed by atoms with Crippen molar-refractivity contribution in [3.63, 3.8) is 0 Å². The smallest absolute Gasteiger partial charge is 0.340 e. The average molecular weight is 394 g/mol. The number of nitrogens with two attached hydrogens (primary N) is 1. The molecule has 10 nitrogen and oxygen atoms in total. The van der Waals surface area contributed by atoms with E-state index in [1.54, 1.807) is 55.5 Å². The van der Waals surface area contributed by atoms with Crippen molar-refractivity contribution in [1.29, 1.82) is 0 Å². The molecule has 0 saturated carbocycles. The number of hydrazone groups is 1. The zero-order valence-electron chi connectivity index (χ0n) is 15.4. The SMILES string of the molecule is CCOC(=O)c1ccccc1N/N=C(\C(=O)NN)c1nc2ccccc2[nH]c1=O. The summed E-state index contributed by atoms with van der Waals surface area (Å²) < 4.78 is 5.00. The average Bonchev–Trinajstić information content (AvgIpc) is 2.74. The number of nitrogens with zero attached hydrogens (tertiary/aromatic N) is 2. The van der Waals surface area contributed by atoms with E-state index in [4.69, 9.17) is 10.6 Å². The van der Waals surface area contributed by atoms with Crippen LogP contribution in [0.5, 0.6) is 0 Å². The summed E-state index contributed by atoms with van der Waals surface area (Å²) in [6, 6.07) is 13.3. The molecule has 0 atom stereocenters. The van der Waals surface area contributed by atoms with Gasteiger partial charge in [0.2, 0.25) is 0 Å². The first-order valence-electron chi connectivity index (χ1n) is 8.65. The summed E-state index contributed by atoms with van der Waals surface area (Å²) in [4.78, 5) is 43.7. The van der Waals surface area contributed by atoms with Gasteiger partial charge in [0.1, 0.15) is 0 Å². The Morgan fingerprint density at radius 3 is 2.66 bits per heavy atom. The lowest BCUT2D eigenvalue weighted by atomic mass is 10.2. The number of nitrogens with one attached hydrogen (secondary N) is 3. The molecule has 0 bridgehead atoms. The van der Waals surface area contributed by atoms with Gasteiger partial charge in [0.05, 0.1) is 28.9 Å². The number of aromatic amines is 1. The predicted octanol–water partition coefficient (Wildman–Crippen LogP) is 0.906. The first kappa shape index (κ1) is 19.7. The Morgan fingerprint density at radius 1 is 1.17 bits per heavy atom. The molecule has 0 radical (unpaired) electrons. The maximum absolute atomic E-state index is 12.4. The van der Waals surface area contributed by atoms with Crippen molar-refractivity contribution < 1.29 is 14.3 Å². The minimum atomic E-state index is -0.834. The lowest BCUT2D eigenvalue weighted by Crippen LogP contribution is -2.40. The van der Waals surface area contributed by atoms with E-state index in [0.717, 1.165) is 0 Å². The van der Waals surface area contributed by atoms with Crippen molar-refractivity contribution in [1.82, 2.24) is 15.4 Å². The number of hydrogen-bond donors (Lipinski definition) is 4. The van der Waals surface area contributed by atoms with Crippen molar-refractivity contribution in [3.05, 3.63) is 70.1 Å². The number of ether oxygens (including phenoxy) is 1. The third-order valence-corrected chi connectivity index (χ3v) is 3.88. The lowest BCUT2D eigenvalue weighted by Gasteiger charge is -2.10. The Balaban J connectivity index is 2.05. The lowest BCUT2D eigenvalue weighted by molar-refractivity contribution is -0.114. The van der Waals surface area contributed by atoms with Gasteiger partial charge in [-0.25, -0.2) is 15.6 Å². The van der Waals surface area contributed by atoms with E-state index in [2.05, 4.69) is 20.5 Å². The summed E-state index contributed by atoms with van der Waals surface area (Å²) in [5, 5.41) is 3.99. The number of anilines is 1. The van der Waals surface area contributed by atoms with Gasteiger partial charge in [0.25, 0.3) is 11.5 Å². The molecule has 5 N–H and O–H groups in total. The molecule has 0 unspecified atom stereocenters. The van der Waals surface area contributed by atoms with Crippen LogP contribution in [0.15, 0.2) is 58.4 Å². The van der Waals surface area contributed by atoms with Crippen LogP contribution in [0, 0.1) is 0 Å². The highest BCUT2D eigenvalue weighted by atomic mass is 16.5. The number of hydrazine groups is 1. The maximum atomic E-state index is 12.4. The van der Waals surface area contributed by atoms with Crippen LogP contribution < -0.4 is 22.3 Å². The molecule has 1 aromatic heterocycles. The number of carbonyl (C=O) groups excluding carboxylic acids is 2. The van der Waals surface area contributed by atoms with Gasteiger partial charge in [-0.1, -0.05) is 24.3 Å². The van der Waals surface area contributed by atoms with Gasteiger partial charge in [-0.05, 0) is 31.2 Å². The molecule has 3 aromatic rings. The number of aromatic nitrogens is 2. The Bertz CT molecular complexity index is 1150. The first-order valence-corrected chi connectivity index (χ1v) is 8.65. The molecule has 0 fully saturated rings. The fraction of sp³-hybridized carbons (Fsp3) is 0.105. The predicted molar refractivity (Wildman–Crippen MR) is 107 cm³/mol. The maximum Gasteiger partial charge on any atom is 0.340 e. The molecule has 0 aliphatic rings. The van der Waals surface area contributed by atoms with E-state index in [1.807, 2.05) is 5.43 Å². The van der Waals surface area contributed by atoms with Crippen LogP contribution in [0.4, 0.5) is 5.69 Å². The molecule has 29 heavy (non-hydrogen) atoms. The van der Waals surface area contributed by atoms with Crippen LogP contribution in [0.1, 0.15) is 23.0 Å². The van der Waals surface area contributed by atoms with E-state index >= 15 is 0 Å². The highest BCUT2D eigenvalue weighted by Gasteiger charge is 2.20. The molecule has 1 heterocycles. The summed E-state index contributed by atoms with van der Waals surface area (Å²) in [5.74, 6) is 3.85. The Hall–Kier alpha value is -4.05. The first-order chi connectivity index (χ1) is 14.0. The van der Waals surface area contributed by atoms with E-state index < -0.39 is 17.4 Å². The number of esters is 1. The normalized spacial score (nSPS) is 11.2. The van der Waals surface area contributed by atoms with Gasteiger partial charge in [-0.3, -0.25) is 20.4 Å².